The molecule has 0 amide bonds. The molecule has 76 valence electrons. The maximum absolute atomic E-state index is 11.1. The number of carbonyl (C=O) groups is 2. The van der Waals surface area contributed by atoms with E-state index in [1.807, 2.05) is 0 Å². The van der Waals surface area contributed by atoms with Gasteiger partial charge in [-0.15, -0.1) is 0 Å². The molecule has 0 aromatic rings. The Bertz CT molecular complexity index is 202. The quantitative estimate of drug-likeness (QED) is 0.551. The van der Waals surface area contributed by atoms with Crippen molar-refractivity contribution in [2.75, 3.05) is 0 Å². The maximum Gasteiger partial charge on any atom is 0.323 e. The lowest BCUT2D eigenvalue weighted by Crippen LogP contribution is -2.43. The number of carbonyl (C=O) groups excluding carboxylic acids is 2. The molecule has 0 saturated heterocycles. The molecule has 0 aromatic carbocycles. The number of nitrogens with two attached hydrogens (primary N) is 1. The molecule has 2 N–H and O–H groups in total. The van der Waals surface area contributed by atoms with Gasteiger partial charge in [0.25, 0.3) is 0 Å². The van der Waals surface area contributed by atoms with Gasteiger partial charge in [-0.05, 0) is 12.8 Å². The molecule has 0 heterocycles. The minimum Gasteiger partial charge on any atom is -0.546 e. The van der Waals surface area contributed by atoms with Crippen LogP contribution in [0.5, 0.6) is 0 Å². The van der Waals surface area contributed by atoms with Crippen molar-refractivity contribution in [3.8, 4) is 0 Å². The van der Waals surface area contributed by atoms with Crippen molar-refractivity contribution in [3.63, 3.8) is 0 Å². The largest absolute Gasteiger partial charge is 0.546 e. The van der Waals surface area contributed by atoms with E-state index in [1.165, 1.54) is 6.92 Å². The zero-order chi connectivity index (χ0) is 10.6. The van der Waals surface area contributed by atoms with Gasteiger partial charge in [-0.2, -0.15) is 0 Å². The summed E-state index contributed by atoms with van der Waals surface area (Å²) in [5.41, 5.74) is 5.42. The summed E-state index contributed by atoms with van der Waals surface area (Å²) in [5, 5.41) is 10.2. The Morgan fingerprint density at radius 3 is 2.08 bits per heavy atom. The molecule has 0 aliphatic carbocycles. The number of carboxylic acid groups (broad SMARTS) is 1. The normalized spacial score (nSPS) is 15.2. The molecule has 0 fully saturated rings. The molecule has 5 heteroatoms. The SMILES string of the molecule is CC(C)[C@H](N)C(=O)O[C@@H](C)C(=O)[O-]. The highest BCUT2D eigenvalue weighted by Gasteiger charge is 2.21. The fourth-order valence-corrected chi connectivity index (χ4v) is 0.573. The first-order valence-electron chi connectivity index (χ1n) is 4.03. The lowest BCUT2D eigenvalue weighted by molar-refractivity contribution is -0.314. The topological polar surface area (TPSA) is 92.5 Å². The van der Waals surface area contributed by atoms with Crippen molar-refractivity contribution in [3.05, 3.63) is 0 Å². The summed E-state index contributed by atoms with van der Waals surface area (Å²) in [6, 6.07) is -0.790. The standard InChI is InChI=1S/C8H15NO4/c1-4(2)6(9)8(12)13-5(3)7(10)11/h4-6H,9H2,1-3H3,(H,10,11)/p-1/t5-,6-/m0/s1. The van der Waals surface area contributed by atoms with Gasteiger partial charge in [-0.1, -0.05) is 13.8 Å². The van der Waals surface area contributed by atoms with E-state index >= 15 is 0 Å². The predicted molar refractivity (Wildman–Crippen MR) is 43.4 cm³/mol. The molecule has 0 bridgehead atoms. The van der Waals surface area contributed by atoms with Crippen LogP contribution in [0.2, 0.25) is 0 Å². The van der Waals surface area contributed by atoms with Gasteiger partial charge >= 0.3 is 5.97 Å². The molecule has 0 spiro atoms. The van der Waals surface area contributed by atoms with E-state index < -0.39 is 24.1 Å². The second-order valence-electron chi connectivity index (χ2n) is 3.17. The van der Waals surface area contributed by atoms with Crippen LogP contribution in [0.3, 0.4) is 0 Å². The van der Waals surface area contributed by atoms with Crippen molar-refractivity contribution in [1.29, 1.82) is 0 Å². The first-order chi connectivity index (χ1) is 5.86. The summed E-state index contributed by atoms with van der Waals surface area (Å²) >= 11 is 0. The molecule has 0 aromatic heterocycles. The van der Waals surface area contributed by atoms with Crippen molar-refractivity contribution >= 4 is 11.9 Å². The number of rotatable bonds is 4. The van der Waals surface area contributed by atoms with Crippen LogP contribution in [-0.2, 0) is 14.3 Å². The van der Waals surface area contributed by atoms with Crippen LogP contribution in [0.25, 0.3) is 0 Å². The maximum atomic E-state index is 11.1. The zero-order valence-corrected chi connectivity index (χ0v) is 7.94. The van der Waals surface area contributed by atoms with E-state index in [-0.39, 0.29) is 5.92 Å². The Kier molecular flexibility index (Phi) is 4.40. The number of aliphatic carboxylic acids is 1. The van der Waals surface area contributed by atoms with Crippen LogP contribution in [0.4, 0.5) is 0 Å². The Balaban J connectivity index is 4.08. The molecule has 5 nitrogen and oxygen atoms in total. The van der Waals surface area contributed by atoms with E-state index in [4.69, 9.17) is 5.73 Å². The van der Waals surface area contributed by atoms with Crippen molar-refractivity contribution in [2.24, 2.45) is 11.7 Å². The average molecular weight is 188 g/mol. The lowest BCUT2D eigenvalue weighted by Gasteiger charge is -2.19. The van der Waals surface area contributed by atoms with Gasteiger partial charge in [0, 0.05) is 0 Å². The molecule has 0 aliphatic heterocycles. The molecule has 0 aliphatic rings. The number of ether oxygens (including phenoxy) is 1. The van der Waals surface area contributed by atoms with Gasteiger partial charge in [0.05, 0.1) is 5.97 Å². The minimum atomic E-state index is -1.43. The minimum absolute atomic E-state index is 0.0820. The molecule has 2 atom stereocenters. The first kappa shape index (κ1) is 11.9. The Hall–Kier alpha value is -1.10. The smallest absolute Gasteiger partial charge is 0.323 e. The van der Waals surface area contributed by atoms with Gasteiger partial charge < -0.3 is 20.4 Å². The summed E-state index contributed by atoms with van der Waals surface area (Å²) in [6.45, 7) is 4.71. The van der Waals surface area contributed by atoms with Gasteiger partial charge in [0.15, 0.2) is 0 Å². The van der Waals surface area contributed by atoms with Crippen molar-refractivity contribution in [1.82, 2.24) is 0 Å². The second-order valence-corrected chi connectivity index (χ2v) is 3.17. The molecular weight excluding hydrogens is 174 g/mol. The number of esters is 1. The Morgan fingerprint density at radius 2 is 1.77 bits per heavy atom. The van der Waals surface area contributed by atoms with Gasteiger partial charge in [0.1, 0.15) is 12.1 Å². The summed E-state index contributed by atoms with van der Waals surface area (Å²) < 4.78 is 4.51. The zero-order valence-electron chi connectivity index (χ0n) is 7.94. The molecule has 0 unspecified atom stereocenters. The van der Waals surface area contributed by atoms with E-state index in [0.29, 0.717) is 0 Å². The van der Waals surface area contributed by atoms with Crippen LogP contribution in [0.15, 0.2) is 0 Å². The molecular formula is C8H14NO4-. The number of hydrogen-bond donors (Lipinski definition) is 1. The lowest BCUT2D eigenvalue weighted by atomic mass is 10.1. The Morgan fingerprint density at radius 1 is 1.31 bits per heavy atom. The van der Waals surface area contributed by atoms with E-state index in [1.54, 1.807) is 13.8 Å². The molecule has 0 saturated carbocycles. The van der Waals surface area contributed by atoms with Crippen molar-refractivity contribution < 1.29 is 19.4 Å². The van der Waals surface area contributed by atoms with Crippen molar-refractivity contribution in [2.45, 2.75) is 32.9 Å². The summed E-state index contributed by atoms with van der Waals surface area (Å²) in [6.07, 6.45) is -1.25. The fourth-order valence-electron chi connectivity index (χ4n) is 0.573. The highest BCUT2D eigenvalue weighted by Crippen LogP contribution is 2.02. The van der Waals surface area contributed by atoms with Gasteiger partial charge in [-0.25, -0.2) is 0 Å². The van der Waals surface area contributed by atoms with Crippen LogP contribution in [0, 0.1) is 5.92 Å². The van der Waals surface area contributed by atoms with Gasteiger partial charge in [0.2, 0.25) is 0 Å². The number of carboxylic acids is 1. The third kappa shape index (κ3) is 3.89. The highest BCUT2D eigenvalue weighted by molar-refractivity contribution is 5.79. The van der Waals surface area contributed by atoms with Crippen LogP contribution in [0.1, 0.15) is 20.8 Å². The Labute approximate surface area is 76.9 Å². The van der Waals surface area contributed by atoms with Crippen LogP contribution < -0.4 is 10.8 Å². The number of hydrogen-bond acceptors (Lipinski definition) is 5. The molecule has 0 rings (SSSR count). The van der Waals surface area contributed by atoms with E-state index in [2.05, 4.69) is 4.74 Å². The van der Waals surface area contributed by atoms with E-state index in [9.17, 15) is 14.7 Å². The summed E-state index contributed by atoms with van der Waals surface area (Å²) in [7, 11) is 0. The van der Waals surface area contributed by atoms with Crippen LogP contribution >= 0.6 is 0 Å². The first-order valence-corrected chi connectivity index (χ1v) is 4.03. The molecule has 0 radical (unpaired) electrons. The third-order valence-electron chi connectivity index (χ3n) is 1.62. The van der Waals surface area contributed by atoms with E-state index in [0.717, 1.165) is 0 Å². The average Bonchev–Trinajstić information content (AvgIpc) is 2.02. The van der Waals surface area contributed by atoms with Crippen LogP contribution in [-0.4, -0.2) is 24.1 Å². The van der Waals surface area contributed by atoms with Gasteiger partial charge in [-0.3, -0.25) is 4.79 Å². The summed E-state index contributed by atoms with van der Waals surface area (Å²) in [4.78, 5) is 21.3. The second kappa shape index (κ2) is 4.81. The third-order valence-corrected chi connectivity index (χ3v) is 1.62. The predicted octanol–water partition coefficient (Wildman–Crippen LogP) is -1.35. The summed E-state index contributed by atoms with van der Waals surface area (Å²) in [5.74, 6) is -2.22. The fraction of sp³-hybridized carbons (Fsp3) is 0.750. The molecule has 13 heavy (non-hydrogen) atoms. The highest BCUT2D eigenvalue weighted by atomic mass is 16.6. The monoisotopic (exact) mass is 188 g/mol.